The molecular formula is C56H48CoN4O2. The van der Waals surface area contributed by atoms with Crippen LogP contribution in [0.5, 0.6) is 0 Å². The van der Waals surface area contributed by atoms with Crippen molar-refractivity contribution in [2.24, 2.45) is 0 Å². The standard InChI is InChI=1S/2C28H24N2O.Co/c2*1-28(19-20-10-4-3-5-11-20)26(18-25(31)23-14-8-9-17-29-23)30(2)24-16-15-21-12-6-7-13-22(21)27(24)28;/h2*3-18H,19H2,1-2H3;/b2*26-18-;. The zero-order valence-corrected chi connectivity index (χ0v) is 36.9. The summed E-state index contributed by atoms with van der Waals surface area (Å²) in [5.74, 6) is -0.141. The molecule has 0 fully saturated rings. The number of fused-ring (bicyclic) bond motifs is 6. The molecule has 0 bridgehead atoms. The van der Waals surface area contributed by atoms with Gasteiger partial charge in [0.1, 0.15) is 11.4 Å². The molecule has 7 heteroatoms. The molecule has 0 saturated heterocycles. The van der Waals surface area contributed by atoms with Gasteiger partial charge in [-0.05, 0) is 107 Å². The number of hydrogen-bond acceptors (Lipinski definition) is 6. The average Bonchev–Trinajstić information content (AvgIpc) is 3.65. The molecule has 2 aliphatic rings. The monoisotopic (exact) mass is 867 g/mol. The van der Waals surface area contributed by atoms with Crippen LogP contribution in [0.3, 0.4) is 0 Å². The summed E-state index contributed by atoms with van der Waals surface area (Å²) >= 11 is 0. The molecule has 0 aliphatic carbocycles. The Kier molecular flexibility index (Phi) is 12.1. The minimum Gasteiger partial charge on any atom is -0.347 e. The van der Waals surface area contributed by atoms with Crippen molar-refractivity contribution in [3.05, 3.63) is 239 Å². The van der Waals surface area contributed by atoms with Crippen LogP contribution in [0.1, 0.15) is 57.1 Å². The summed E-state index contributed by atoms with van der Waals surface area (Å²) in [4.78, 5) is 39.1. The van der Waals surface area contributed by atoms with Crippen LogP contribution in [0, 0.1) is 0 Å². The number of carbonyl (C=O) groups is 2. The molecule has 4 heterocycles. The normalized spacial score (nSPS) is 18.7. The van der Waals surface area contributed by atoms with Gasteiger partial charge in [0.2, 0.25) is 11.6 Å². The maximum atomic E-state index is 13.1. The number of nitrogens with zero attached hydrogens (tertiary/aromatic N) is 4. The van der Waals surface area contributed by atoms with Gasteiger partial charge in [-0.2, -0.15) is 0 Å². The number of aromatic nitrogens is 2. The predicted molar refractivity (Wildman–Crippen MR) is 253 cm³/mol. The van der Waals surface area contributed by atoms with Crippen LogP contribution in [0.15, 0.2) is 206 Å². The van der Waals surface area contributed by atoms with Crippen molar-refractivity contribution in [2.45, 2.75) is 37.5 Å². The number of hydrogen-bond donors (Lipinski definition) is 0. The number of ketones is 2. The van der Waals surface area contributed by atoms with E-state index in [0.717, 1.165) is 35.6 Å². The summed E-state index contributed by atoms with van der Waals surface area (Å²) in [6.45, 7) is 4.51. The molecule has 0 amide bonds. The smallest absolute Gasteiger partial charge is 0.205 e. The second-order valence-electron chi connectivity index (χ2n) is 16.7. The molecule has 0 saturated carbocycles. The van der Waals surface area contributed by atoms with Crippen molar-refractivity contribution in [1.29, 1.82) is 0 Å². The van der Waals surface area contributed by atoms with Gasteiger partial charge in [-0.1, -0.05) is 133 Å². The van der Waals surface area contributed by atoms with Gasteiger partial charge in [0, 0.05) is 89.0 Å². The first-order valence-corrected chi connectivity index (χ1v) is 21.1. The topological polar surface area (TPSA) is 66.4 Å². The zero-order chi connectivity index (χ0) is 42.8. The van der Waals surface area contributed by atoms with Crippen molar-refractivity contribution >= 4 is 44.5 Å². The van der Waals surface area contributed by atoms with Crippen LogP contribution < -0.4 is 9.80 Å². The predicted octanol–water partition coefficient (Wildman–Crippen LogP) is 11.9. The van der Waals surface area contributed by atoms with Crippen molar-refractivity contribution < 1.29 is 26.4 Å². The first-order chi connectivity index (χ1) is 30.2. The quantitative estimate of drug-likeness (QED) is 0.112. The van der Waals surface area contributed by atoms with Crippen LogP contribution in [0.4, 0.5) is 11.4 Å². The van der Waals surface area contributed by atoms with Gasteiger partial charge in [0.25, 0.3) is 0 Å². The summed E-state index contributed by atoms with van der Waals surface area (Å²) < 4.78 is 0. The zero-order valence-electron chi connectivity index (χ0n) is 35.8. The Bertz CT molecular complexity index is 2800. The summed E-state index contributed by atoms with van der Waals surface area (Å²) in [5.41, 5.74) is 9.57. The first-order valence-electron chi connectivity index (χ1n) is 21.1. The maximum Gasteiger partial charge on any atom is 0.205 e. The van der Waals surface area contributed by atoms with Gasteiger partial charge in [0.15, 0.2) is 0 Å². The number of pyridine rings is 2. The second kappa shape index (κ2) is 17.8. The third kappa shape index (κ3) is 8.02. The van der Waals surface area contributed by atoms with E-state index < -0.39 is 0 Å². The average molecular weight is 868 g/mol. The third-order valence-corrected chi connectivity index (χ3v) is 12.7. The Morgan fingerprint density at radius 2 is 0.841 bits per heavy atom. The molecule has 1 radical (unpaired) electrons. The molecule has 2 aromatic heterocycles. The molecule has 8 aromatic rings. The van der Waals surface area contributed by atoms with Crippen molar-refractivity contribution in [3.8, 4) is 0 Å². The first kappa shape index (κ1) is 42.7. The van der Waals surface area contributed by atoms with Crippen molar-refractivity contribution in [3.63, 3.8) is 0 Å². The molecule has 2 aliphatic heterocycles. The molecule has 2 unspecified atom stereocenters. The molecule has 2 atom stereocenters. The minimum absolute atomic E-state index is 0. The minimum atomic E-state index is -0.350. The van der Waals surface area contributed by atoms with Gasteiger partial charge in [-0.15, -0.1) is 0 Å². The Morgan fingerprint density at radius 3 is 1.22 bits per heavy atom. The van der Waals surface area contributed by atoms with E-state index in [2.05, 4.69) is 169 Å². The van der Waals surface area contributed by atoms with E-state index in [9.17, 15) is 9.59 Å². The number of carbonyl (C=O) groups excluding carboxylic acids is 2. The SMILES string of the molecule is CN1/C(=C\C(=O)c2ccccn2)C(C)(Cc2ccccc2)c2c1ccc1ccccc21.CN1/C(=C\C(=O)c2ccccn2)C(C)(Cc2ccccc2)c2c1ccc1ccccc21.[Co]. The van der Waals surface area contributed by atoms with Crippen LogP contribution in [0.2, 0.25) is 0 Å². The fraction of sp³-hybridized carbons (Fsp3) is 0.143. The van der Waals surface area contributed by atoms with E-state index in [1.54, 1.807) is 36.7 Å². The van der Waals surface area contributed by atoms with Gasteiger partial charge < -0.3 is 9.80 Å². The molecule has 6 nitrogen and oxygen atoms in total. The van der Waals surface area contributed by atoms with Crippen molar-refractivity contribution in [1.82, 2.24) is 9.97 Å². The third-order valence-electron chi connectivity index (χ3n) is 12.7. The molecule has 313 valence electrons. The van der Waals surface area contributed by atoms with E-state index in [1.807, 2.05) is 36.4 Å². The Morgan fingerprint density at radius 1 is 0.476 bits per heavy atom. The Balaban J connectivity index is 0.000000170. The fourth-order valence-electron chi connectivity index (χ4n) is 9.79. The van der Waals surface area contributed by atoms with Crippen LogP contribution in [0.25, 0.3) is 21.5 Å². The van der Waals surface area contributed by atoms with Gasteiger partial charge in [0.05, 0.1) is 0 Å². The summed E-state index contributed by atoms with van der Waals surface area (Å²) in [5, 5.41) is 4.90. The van der Waals surface area contributed by atoms with Crippen LogP contribution in [-0.4, -0.2) is 35.6 Å². The molecule has 6 aromatic carbocycles. The van der Waals surface area contributed by atoms with E-state index in [1.165, 1.54) is 43.8 Å². The summed E-state index contributed by atoms with van der Waals surface area (Å²) in [6, 6.07) is 57.6. The molecule has 10 rings (SSSR count). The molecule has 0 spiro atoms. The number of likely N-dealkylation sites (N-methyl/N-ethyl adjacent to an activating group) is 2. The second-order valence-corrected chi connectivity index (χ2v) is 16.7. The van der Waals surface area contributed by atoms with E-state index in [4.69, 9.17) is 0 Å². The number of rotatable bonds is 8. The Hall–Kier alpha value is -6.93. The van der Waals surface area contributed by atoms with Gasteiger partial charge in [-0.25, -0.2) is 0 Å². The largest absolute Gasteiger partial charge is 0.347 e. The summed E-state index contributed by atoms with van der Waals surface area (Å²) in [6.07, 6.45) is 8.49. The van der Waals surface area contributed by atoms with E-state index >= 15 is 0 Å². The number of allylic oxidation sites excluding steroid dienone is 4. The molecular weight excluding hydrogens is 820 g/mol. The van der Waals surface area contributed by atoms with Crippen molar-refractivity contribution in [2.75, 3.05) is 23.9 Å². The van der Waals surface area contributed by atoms with Gasteiger partial charge >= 0.3 is 0 Å². The van der Waals surface area contributed by atoms with Gasteiger partial charge in [-0.3, -0.25) is 19.6 Å². The van der Waals surface area contributed by atoms with Crippen LogP contribution in [-0.2, 0) is 40.5 Å². The Labute approximate surface area is 379 Å². The van der Waals surface area contributed by atoms with Crippen LogP contribution >= 0.6 is 0 Å². The van der Waals surface area contributed by atoms with E-state index in [0.29, 0.717) is 11.4 Å². The maximum absolute atomic E-state index is 13.1. The molecule has 0 N–H and O–H groups in total. The molecule has 63 heavy (non-hydrogen) atoms. The number of benzene rings is 6. The number of anilines is 2. The summed E-state index contributed by atoms with van der Waals surface area (Å²) in [7, 11) is 4.11. The van der Waals surface area contributed by atoms with E-state index in [-0.39, 0.29) is 39.2 Å². The fourth-order valence-corrected chi connectivity index (χ4v) is 9.79.